The summed E-state index contributed by atoms with van der Waals surface area (Å²) in [5.41, 5.74) is 0. The van der Waals surface area contributed by atoms with Crippen molar-refractivity contribution >= 4 is 36.5 Å². The maximum Gasteiger partial charge on any atom is 0 e. The molecular formula is H3OSSbZn. The molecule has 0 bridgehead atoms. The first-order chi connectivity index (χ1) is 1.00. The van der Waals surface area contributed by atoms with Gasteiger partial charge in [-0.2, -0.15) is 13.5 Å². The van der Waals surface area contributed by atoms with Gasteiger partial charge in [0.25, 0.3) is 0 Å². The van der Waals surface area contributed by atoms with Crippen molar-refractivity contribution in [2.24, 2.45) is 0 Å². The summed E-state index contributed by atoms with van der Waals surface area (Å²) in [6.45, 7) is 0. The summed E-state index contributed by atoms with van der Waals surface area (Å²) in [6.07, 6.45) is 0. The van der Waals surface area contributed by atoms with Crippen LogP contribution in [0.3, 0.4) is 0 Å². The van der Waals surface area contributed by atoms with Crippen molar-refractivity contribution in [3.8, 4) is 0 Å². The van der Waals surface area contributed by atoms with Gasteiger partial charge < -0.3 is 0 Å². The Morgan fingerprint density at radius 1 is 1.25 bits per heavy atom. The Hall–Kier alpha value is 1.59. The van der Waals surface area contributed by atoms with E-state index in [0.29, 0.717) is 23.0 Å². The smallest absolute Gasteiger partial charge is 0 e. The van der Waals surface area contributed by atoms with E-state index in [9.17, 15) is 0 Å². The summed E-state index contributed by atoms with van der Waals surface area (Å²) in [7, 11) is 0. The van der Waals surface area contributed by atoms with Gasteiger partial charge in [-0.1, -0.05) is 0 Å². The number of rotatable bonds is 0. The molecule has 0 aliphatic heterocycles. The van der Waals surface area contributed by atoms with Gasteiger partial charge in [0.15, 0.2) is 0 Å². The fourth-order valence-electron chi connectivity index (χ4n) is 0. The molecule has 4 heteroatoms. The van der Waals surface area contributed by atoms with Gasteiger partial charge in [-0.25, -0.2) is 0 Å². The summed E-state index contributed by atoms with van der Waals surface area (Å²) in [5, 5.41) is 0. The van der Waals surface area contributed by atoms with Gasteiger partial charge in [-0.15, -0.1) is 0 Å². The monoisotopic (exact) mass is 236 g/mol. The third-order valence-electron chi connectivity index (χ3n) is 0. The van der Waals surface area contributed by atoms with E-state index in [1.54, 1.807) is 0 Å². The first-order valence-corrected chi connectivity index (χ1v) is 1.37. The maximum atomic E-state index is 8.34. The minimum atomic E-state index is 0. The van der Waals surface area contributed by atoms with Crippen molar-refractivity contribution in [1.82, 2.24) is 0 Å². The molecule has 0 amide bonds. The molecule has 22 valence electrons. The maximum absolute atomic E-state index is 8.34. The van der Waals surface area contributed by atoms with Crippen molar-refractivity contribution < 1.29 is 22.5 Å². The van der Waals surface area contributed by atoms with Crippen LogP contribution in [0.25, 0.3) is 0 Å². The summed E-state index contributed by atoms with van der Waals surface area (Å²) < 4.78 is 8.34. The zero-order valence-electron chi connectivity index (χ0n) is 2.12. The molecule has 0 aromatic heterocycles. The fourth-order valence-corrected chi connectivity index (χ4v) is 0. The van der Waals surface area contributed by atoms with Crippen LogP contribution in [0.15, 0.2) is 0 Å². The first kappa shape index (κ1) is 17.6. The van der Waals surface area contributed by atoms with Crippen LogP contribution in [-0.2, 0) is 22.5 Å². The molecule has 0 rings (SSSR count). The summed E-state index contributed by atoms with van der Waals surface area (Å²) in [6, 6.07) is 0. The topological polar surface area (TPSA) is 17.1 Å². The van der Waals surface area contributed by atoms with Gasteiger partial charge in [0.05, 0.1) is 0 Å². The van der Waals surface area contributed by atoms with Gasteiger partial charge in [0.1, 0.15) is 0 Å². The normalized spacial score (nSPS) is 1.00. The zero-order valence-corrected chi connectivity index (χ0v) is 8.94. The van der Waals surface area contributed by atoms with E-state index in [0.717, 1.165) is 0 Å². The van der Waals surface area contributed by atoms with Crippen LogP contribution in [-0.4, -0.2) is 23.0 Å². The average molecular weight is 238 g/mol. The predicted molar refractivity (Wildman–Crippen MR) is 18.2 cm³/mol. The molecule has 0 radical (unpaired) electrons. The summed E-state index contributed by atoms with van der Waals surface area (Å²) in [5.74, 6) is 0. The Morgan fingerprint density at radius 2 is 1.25 bits per heavy atom. The van der Waals surface area contributed by atoms with Crippen molar-refractivity contribution in [3.05, 3.63) is 0 Å². The zero-order chi connectivity index (χ0) is 2.00. The van der Waals surface area contributed by atoms with Gasteiger partial charge in [-0.3, -0.25) is 0 Å². The second kappa shape index (κ2) is 23.4. The van der Waals surface area contributed by atoms with E-state index in [2.05, 4.69) is 0 Å². The SMILES string of the molecule is S.[O]=[SbH].[Zn]. The van der Waals surface area contributed by atoms with Crippen LogP contribution < -0.4 is 0 Å². The second-order valence-electron chi connectivity index (χ2n) is 0. The predicted octanol–water partition coefficient (Wildman–Crippen LogP) is -0.657. The second-order valence-corrected chi connectivity index (χ2v) is 0. The van der Waals surface area contributed by atoms with E-state index in [1.807, 2.05) is 0 Å². The first-order valence-electron chi connectivity index (χ1n) is 0.204. The molecule has 4 heavy (non-hydrogen) atoms. The molecule has 0 aromatic rings. The molecular weight excluding hydrogens is 235 g/mol. The van der Waals surface area contributed by atoms with Crippen molar-refractivity contribution in [2.45, 2.75) is 0 Å². The van der Waals surface area contributed by atoms with Crippen LogP contribution in [0.5, 0.6) is 0 Å². The molecule has 0 atom stereocenters. The Balaban J connectivity index is -0.00000000500. The van der Waals surface area contributed by atoms with Crippen LogP contribution in [0.2, 0.25) is 0 Å². The Kier molecular flexibility index (Phi) is 103. The molecule has 0 saturated heterocycles. The van der Waals surface area contributed by atoms with E-state index in [1.165, 1.54) is 0 Å². The quantitative estimate of drug-likeness (QED) is 0.512. The van der Waals surface area contributed by atoms with Crippen LogP contribution in [0.1, 0.15) is 0 Å². The fraction of sp³-hybridized carbons (Fsp3) is 0. The Labute approximate surface area is 58.6 Å². The van der Waals surface area contributed by atoms with Crippen molar-refractivity contribution in [1.29, 1.82) is 0 Å². The largest absolute Gasteiger partial charge is 0 e. The van der Waals surface area contributed by atoms with Crippen LogP contribution in [0, 0.1) is 0 Å². The van der Waals surface area contributed by atoms with Gasteiger partial charge in [-0.05, 0) is 0 Å². The minimum Gasteiger partial charge on any atom is 0 e. The standard InChI is InChI=1S/O.H2S.Sb.Zn.H/h;1H2;;;. The van der Waals surface area contributed by atoms with Crippen molar-refractivity contribution in [2.75, 3.05) is 0 Å². The van der Waals surface area contributed by atoms with Gasteiger partial charge in [0.2, 0.25) is 0 Å². The molecule has 0 heterocycles. The number of hydrogen-bond acceptors (Lipinski definition) is 1. The molecule has 0 N–H and O–H groups in total. The molecule has 1 nitrogen and oxygen atoms in total. The van der Waals surface area contributed by atoms with Crippen LogP contribution in [0.4, 0.5) is 0 Å². The summed E-state index contributed by atoms with van der Waals surface area (Å²) in [4.78, 5) is 0. The van der Waals surface area contributed by atoms with E-state index in [-0.39, 0.29) is 33.0 Å². The minimum absolute atomic E-state index is 0. The van der Waals surface area contributed by atoms with Crippen LogP contribution >= 0.6 is 13.5 Å². The van der Waals surface area contributed by atoms with Crippen molar-refractivity contribution in [3.63, 3.8) is 0 Å². The molecule has 0 aromatic carbocycles. The number of hydrogen-bond donors (Lipinski definition) is 0. The van der Waals surface area contributed by atoms with E-state index in [4.69, 9.17) is 3.02 Å². The molecule has 0 unspecified atom stereocenters. The molecule has 0 aliphatic carbocycles. The van der Waals surface area contributed by atoms with E-state index < -0.39 is 0 Å². The molecule has 0 spiro atoms. The molecule has 0 saturated carbocycles. The Morgan fingerprint density at radius 3 is 1.25 bits per heavy atom. The average Bonchev–Trinajstić information content (AvgIpc) is 1.00. The molecule has 0 aliphatic rings. The molecule has 0 fully saturated rings. The van der Waals surface area contributed by atoms with Gasteiger partial charge in [0, 0.05) is 19.5 Å². The third kappa shape index (κ3) is 9.52. The van der Waals surface area contributed by atoms with E-state index >= 15 is 0 Å². The third-order valence-corrected chi connectivity index (χ3v) is 0. The van der Waals surface area contributed by atoms with Gasteiger partial charge >= 0.3 is 26.0 Å². The summed E-state index contributed by atoms with van der Waals surface area (Å²) >= 11 is 0.300. The Bertz CT molecular complexity index is 8.00.